The van der Waals surface area contributed by atoms with E-state index in [9.17, 15) is 13.6 Å². The molecule has 0 amide bonds. The Balaban J connectivity index is 1.81. The van der Waals surface area contributed by atoms with E-state index in [0.717, 1.165) is 24.0 Å². The minimum Gasteiger partial charge on any atom is -0.394 e. The van der Waals surface area contributed by atoms with Crippen LogP contribution in [0.1, 0.15) is 5.56 Å². The molecule has 0 aliphatic heterocycles. The van der Waals surface area contributed by atoms with E-state index in [1.165, 1.54) is 12.1 Å². The Morgan fingerprint density at radius 2 is 2.11 bits per heavy atom. The van der Waals surface area contributed by atoms with Crippen molar-refractivity contribution in [2.24, 2.45) is 0 Å². The molecule has 3 aromatic rings. The molecule has 0 radical (unpaired) electrons. The Kier molecular flexibility index (Phi) is 6.85. The number of fused-ring (bicyclic) bond motifs is 1. The molecule has 0 atom stereocenters. The highest BCUT2D eigenvalue weighted by Gasteiger charge is 2.13. The number of anilines is 1. The third kappa shape index (κ3) is 5.00. The second-order valence-corrected chi connectivity index (χ2v) is 6.51. The van der Waals surface area contributed by atoms with E-state index in [-0.39, 0.29) is 35.3 Å². The van der Waals surface area contributed by atoms with Crippen molar-refractivity contribution in [3.8, 4) is 0 Å². The summed E-state index contributed by atoms with van der Waals surface area (Å²) in [6.07, 6.45) is 1.12. The Hall–Kier alpha value is -2.63. The molecular weight excluding hydrogens is 392 g/mol. The number of rotatable bonds is 9. The molecule has 148 valence electrons. The van der Waals surface area contributed by atoms with Crippen LogP contribution in [-0.4, -0.2) is 51.4 Å². The van der Waals surface area contributed by atoms with E-state index in [1.54, 1.807) is 0 Å². The van der Waals surface area contributed by atoms with Crippen LogP contribution in [-0.2, 0) is 10.5 Å². The molecule has 8 nitrogen and oxygen atoms in total. The maximum atomic E-state index is 13.8. The van der Waals surface area contributed by atoms with Crippen LogP contribution in [0.3, 0.4) is 0 Å². The third-order valence-electron chi connectivity index (χ3n) is 3.58. The van der Waals surface area contributed by atoms with Crippen molar-refractivity contribution < 1.29 is 18.6 Å². The van der Waals surface area contributed by atoms with E-state index in [2.05, 4.69) is 25.3 Å². The minimum atomic E-state index is -0.920. The van der Waals surface area contributed by atoms with Crippen molar-refractivity contribution in [1.82, 2.24) is 19.9 Å². The number of nitrogens with one attached hydrogen (secondary N) is 2. The lowest BCUT2D eigenvalue weighted by Crippen LogP contribution is -2.14. The van der Waals surface area contributed by atoms with Gasteiger partial charge in [0.2, 0.25) is 0 Å². The normalized spacial score (nSPS) is 11.1. The Morgan fingerprint density at radius 1 is 1.25 bits per heavy atom. The summed E-state index contributed by atoms with van der Waals surface area (Å²) in [5.74, 6) is -1.35. The molecule has 0 aliphatic carbocycles. The predicted octanol–water partition coefficient (Wildman–Crippen LogP) is 1.70. The van der Waals surface area contributed by atoms with E-state index >= 15 is 0 Å². The zero-order valence-electron chi connectivity index (χ0n) is 14.6. The van der Waals surface area contributed by atoms with Gasteiger partial charge in [-0.15, -0.1) is 0 Å². The summed E-state index contributed by atoms with van der Waals surface area (Å²) in [4.78, 5) is 26.8. The third-order valence-corrected chi connectivity index (χ3v) is 4.47. The molecular formula is C17H17F2N5O3S. The highest BCUT2D eigenvalue weighted by molar-refractivity contribution is 7.98. The molecule has 0 saturated carbocycles. The van der Waals surface area contributed by atoms with E-state index in [1.807, 2.05) is 0 Å². The number of aromatic nitrogens is 4. The summed E-state index contributed by atoms with van der Waals surface area (Å²) in [5, 5.41) is 12.0. The van der Waals surface area contributed by atoms with Crippen molar-refractivity contribution in [2.75, 3.05) is 31.7 Å². The first-order chi connectivity index (χ1) is 13.6. The number of hydrogen-bond acceptors (Lipinski definition) is 8. The smallest absolute Gasteiger partial charge is 0.268 e. The zero-order chi connectivity index (χ0) is 19.9. The minimum absolute atomic E-state index is 0.0728. The molecule has 11 heteroatoms. The van der Waals surface area contributed by atoms with Gasteiger partial charge >= 0.3 is 0 Å². The first-order valence-electron chi connectivity index (χ1n) is 8.33. The van der Waals surface area contributed by atoms with Crippen LogP contribution in [0.4, 0.5) is 14.6 Å². The van der Waals surface area contributed by atoms with Gasteiger partial charge < -0.3 is 20.1 Å². The maximum Gasteiger partial charge on any atom is 0.268 e. The summed E-state index contributed by atoms with van der Waals surface area (Å²) >= 11 is 1.10. The number of hydrogen-bond donors (Lipinski definition) is 3. The Bertz CT molecular complexity index is 1020. The Labute approximate surface area is 162 Å². The van der Waals surface area contributed by atoms with Gasteiger partial charge in [0, 0.05) is 17.9 Å². The van der Waals surface area contributed by atoms with Crippen LogP contribution in [0.25, 0.3) is 11.2 Å². The van der Waals surface area contributed by atoms with Gasteiger partial charge in [-0.25, -0.2) is 23.7 Å². The van der Waals surface area contributed by atoms with Gasteiger partial charge in [-0.1, -0.05) is 23.9 Å². The SMILES string of the molecule is O=c1cnc2c(NCCOCCO)nc(SCc3cccc(F)c3F)nc2[nH]1. The van der Waals surface area contributed by atoms with Gasteiger partial charge in [0.1, 0.15) is 5.52 Å². The van der Waals surface area contributed by atoms with Crippen molar-refractivity contribution in [1.29, 1.82) is 0 Å². The van der Waals surface area contributed by atoms with Crippen molar-refractivity contribution in [3.05, 3.63) is 51.9 Å². The molecule has 0 unspecified atom stereocenters. The van der Waals surface area contributed by atoms with Gasteiger partial charge in [-0.2, -0.15) is 0 Å². The molecule has 2 aromatic heterocycles. The summed E-state index contributed by atoms with van der Waals surface area (Å²) < 4.78 is 32.4. The lowest BCUT2D eigenvalue weighted by molar-refractivity contribution is 0.0992. The summed E-state index contributed by atoms with van der Waals surface area (Å²) in [6, 6.07) is 3.96. The Morgan fingerprint density at radius 3 is 2.93 bits per heavy atom. The topological polar surface area (TPSA) is 113 Å². The predicted molar refractivity (Wildman–Crippen MR) is 100 cm³/mol. The number of benzene rings is 1. The van der Waals surface area contributed by atoms with Crippen molar-refractivity contribution in [3.63, 3.8) is 0 Å². The number of aliphatic hydroxyl groups excluding tert-OH is 1. The molecule has 0 aliphatic rings. The second kappa shape index (κ2) is 9.53. The van der Waals surface area contributed by atoms with Gasteiger partial charge in [0.05, 0.1) is 26.0 Å². The van der Waals surface area contributed by atoms with Crippen LogP contribution in [0, 0.1) is 11.6 Å². The maximum absolute atomic E-state index is 13.8. The van der Waals surface area contributed by atoms with Crippen molar-refractivity contribution >= 4 is 28.7 Å². The largest absolute Gasteiger partial charge is 0.394 e. The van der Waals surface area contributed by atoms with Gasteiger partial charge in [0.15, 0.2) is 28.3 Å². The van der Waals surface area contributed by atoms with Crippen molar-refractivity contribution in [2.45, 2.75) is 10.9 Å². The average molecular weight is 409 g/mol. The molecule has 0 fully saturated rings. The molecule has 2 heterocycles. The van der Waals surface area contributed by atoms with Crippen LogP contribution < -0.4 is 10.9 Å². The standard InChI is InChI=1S/C17H17F2N5O3S/c18-11-3-1-2-10(13(11)19)9-28-17-23-15(20-4-6-27-7-5-25)14-16(24-17)22-12(26)8-21-14/h1-3,8,25H,4-7,9H2,(H2,20,22,23,24,26). The quantitative estimate of drug-likeness (QED) is 0.278. The number of nitrogens with zero attached hydrogens (tertiary/aromatic N) is 3. The number of thioether (sulfide) groups is 1. The first-order valence-corrected chi connectivity index (χ1v) is 9.32. The average Bonchev–Trinajstić information content (AvgIpc) is 2.68. The molecule has 28 heavy (non-hydrogen) atoms. The number of H-pyrrole nitrogens is 1. The first kappa shape index (κ1) is 20.1. The fourth-order valence-electron chi connectivity index (χ4n) is 2.31. The monoisotopic (exact) mass is 409 g/mol. The summed E-state index contributed by atoms with van der Waals surface area (Å²) in [7, 11) is 0. The fourth-order valence-corrected chi connectivity index (χ4v) is 3.13. The van der Waals surface area contributed by atoms with E-state index in [4.69, 9.17) is 9.84 Å². The highest BCUT2D eigenvalue weighted by atomic mass is 32.2. The highest BCUT2D eigenvalue weighted by Crippen LogP contribution is 2.25. The molecule has 0 saturated heterocycles. The van der Waals surface area contributed by atoms with E-state index in [0.29, 0.717) is 24.5 Å². The van der Waals surface area contributed by atoms with Gasteiger partial charge in [0.25, 0.3) is 5.56 Å². The van der Waals surface area contributed by atoms with Gasteiger partial charge in [-0.05, 0) is 6.07 Å². The zero-order valence-corrected chi connectivity index (χ0v) is 15.4. The molecule has 0 bridgehead atoms. The van der Waals surface area contributed by atoms with Gasteiger partial charge in [-0.3, -0.25) is 4.79 Å². The number of aliphatic hydroxyl groups is 1. The molecule has 3 rings (SSSR count). The van der Waals surface area contributed by atoms with Crippen LogP contribution in [0.15, 0.2) is 34.3 Å². The van der Waals surface area contributed by atoms with Crippen LogP contribution in [0.5, 0.6) is 0 Å². The van der Waals surface area contributed by atoms with E-state index < -0.39 is 17.2 Å². The fraction of sp³-hybridized carbons (Fsp3) is 0.294. The number of ether oxygens (including phenoxy) is 1. The number of aromatic amines is 1. The van der Waals surface area contributed by atoms with Crippen LogP contribution in [0.2, 0.25) is 0 Å². The lowest BCUT2D eigenvalue weighted by atomic mass is 10.2. The summed E-state index contributed by atoms with van der Waals surface area (Å²) in [5.41, 5.74) is 0.349. The molecule has 0 spiro atoms. The van der Waals surface area contributed by atoms with Crippen LogP contribution >= 0.6 is 11.8 Å². The second-order valence-electron chi connectivity index (χ2n) is 5.56. The summed E-state index contributed by atoms with van der Waals surface area (Å²) in [6.45, 7) is 0.858. The lowest BCUT2D eigenvalue weighted by Gasteiger charge is -2.10. The molecule has 1 aromatic carbocycles. The molecule has 3 N–H and O–H groups in total. The number of halogens is 2.